The average molecular weight is 452 g/mol. The van der Waals surface area contributed by atoms with E-state index in [1.54, 1.807) is 0 Å². The monoisotopic (exact) mass is 451 g/mol. The highest BCUT2D eigenvalue weighted by atomic mass is 32.2. The third kappa shape index (κ3) is 5.36. The molecule has 1 aromatic carbocycles. The summed E-state index contributed by atoms with van der Waals surface area (Å²) < 4.78 is 42.4. The molecule has 1 aliphatic carbocycles. The lowest BCUT2D eigenvalue weighted by Crippen LogP contribution is -2.42. The van der Waals surface area contributed by atoms with Crippen LogP contribution in [0, 0.1) is 11.3 Å². The summed E-state index contributed by atoms with van der Waals surface area (Å²) in [6.07, 6.45) is 4.52. The lowest BCUT2D eigenvalue weighted by molar-refractivity contribution is -0.0448. The molecule has 1 atom stereocenters. The van der Waals surface area contributed by atoms with Crippen LogP contribution < -0.4 is 4.90 Å². The van der Waals surface area contributed by atoms with E-state index in [2.05, 4.69) is 30.0 Å². The highest BCUT2D eigenvalue weighted by Crippen LogP contribution is 2.41. The van der Waals surface area contributed by atoms with Gasteiger partial charge in [-0.25, -0.2) is 17.3 Å². The van der Waals surface area contributed by atoms with Crippen molar-refractivity contribution in [3.8, 4) is 0 Å². The molecule has 0 bridgehead atoms. The molecule has 0 radical (unpaired) electrons. The largest absolute Gasteiger partial charge is 0.364 e. The van der Waals surface area contributed by atoms with Gasteiger partial charge in [0.2, 0.25) is 5.92 Å². The molecule has 1 aromatic rings. The fraction of sp³-hybridized carbons (Fsp3) is 0.708. The van der Waals surface area contributed by atoms with E-state index in [9.17, 15) is 13.0 Å². The molecule has 2 heterocycles. The Hall–Kier alpha value is -1.34. The minimum Gasteiger partial charge on any atom is -0.364 e. The number of fused-ring (bicyclic) bond motifs is 1. The van der Waals surface area contributed by atoms with Crippen molar-refractivity contribution >= 4 is 28.1 Å². The molecule has 0 spiro atoms. The molecule has 3 aliphatic rings. The quantitative estimate of drug-likeness (QED) is 0.566. The molecule has 1 saturated carbocycles. The Bertz CT molecular complexity index is 849. The summed E-state index contributed by atoms with van der Waals surface area (Å²) in [7, 11) is -1.16. The van der Waals surface area contributed by atoms with Crippen LogP contribution in [0.2, 0.25) is 0 Å². The van der Waals surface area contributed by atoms with Crippen molar-refractivity contribution < 1.29 is 13.0 Å². The first kappa shape index (κ1) is 22.8. The normalized spacial score (nSPS) is 23.9. The summed E-state index contributed by atoms with van der Waals surface area (Å²) in [5, 5.41) is 0. The maximum atomic E-state index is 13.6. The van der Waals surface area contributed by atoms with Crippen molar-refractivity contribution in [2.75, 3.05) is 31.1 Å². The number of piperidine rings is 1. The number of rotatable bonds is 4. The van der Waals surface area contributed by atoms with Crippen molar-refractivity contribution in [2.24, 2.45) is 16.3 Å². The molecule has 31 heavy (non-hydrogen) atoms. The highest BCUT2D eigenvalue weighted by Gasteiger charge is 2.36. The van der Waals surface area contributed by atoms with Gasteiger partial charge in [0.1, 0.15) is 11.0 Å². The van der Waals surface area contributed by atoms with E-state index in [0.717, 1.165) is 61.0 Å². The van der Waals surface area contributed by atoms with Crippen LogP contribution in [0.15, 0.2) is 28.1 Å². The maximum absolute atomic E-state index is 13.6. The predicted molar refractivity (Wildman–Crippen MR) is 124 cm³/mol. The Labute approximate surface area is 187 Å². The lowest BCUT2D eigenvalue weighted by atomic mass is 9.85. The Balaban J connectivity index is 1.58. The van der Waals surface area contributed by atoms with Crippen LogP contribution in [-0.2, 0) is 11.0 Å². The number of alkyl halides is 2. The number of halogens is 2. The molecular formula is C24H35F2N3OS. The number of hydrogen-bond acceptors (Lipinski definition) is 3. The smallest absolute Gasteiger partial charge is 0.248 e. The van der Waals surface area contributed by atoms with Gasteiger partial charge in [0.25, 0.3) is 0 Å². The third-order valence-electron chi connectivity index (χ3n) is 6.82. The van der Waals surface area contributed by atoms with E-state index in [-0.39, 0.29) is 24.2 Å². The van der Waals surface area contributed by atoms with Crippen LogP contribution in [0.3, 0.4) is 0 Å². The van der Waals surface area contributed by atoms with Crippen molar-refractivity contribution in [2.45, 2.75) is 76.5 Å². The zero-order valence-electron chi connectivity index (χ0n) is 19.0. The molecule has 172 valence electrons. The number of hydrogen-bond donors (Lipinski definition) is 0. The van der Waals surface area contributed by atoms with Gasteiger partial charge in [-0.1, -0.05) is 27.2 Å². The Morgan fingerprint density at radius 2 is 1.81 bits per heavy atom. The first-order valence-electron chi connectivity index (χ1n) is 11.6. The number of nitrogens with zero attached hydrogens (tertiary/aromatic N) is 3. The molecule has 7 heteroatoms. The number of aliphatic imine (C=N–C) groups is 1. The van der Waals surface area contributed by atoms with Crippen LogP contribution in [0.5, 0.6) is 0 Å². The van der Waals surface area contributed by atoms with Crippen molar-refractivity contribution in [3.63, 3.8) is 0 Å². The van der Waals surface area contributed by atoms with Gasteiger partial charge in [-0.15, -0.1) is 0 Å². The zero-order chi connectivity index (χ0) is 22.2. The van der Waals surface area contributed by atoms with E-state index in [0.29, 0.717) is 12.8 Å². The Morgan fingerprint density at radius 1 is 1.13 bits per heavy atom. The molecule has 1 saturated heterocycles. The summed E-state index contributed by atoms with van der Waals surface area (Å²) in [5.41, 5.74) is 2.89. The van der Waals surface area contributed by atoms with Gasteiger partial charge in [-0.05, 0) is 49.8 Å². The minimum atomic E-state index is -2.50. The molecule has 1 unspecified atom stereocenters. The summed E-state index contributed by atoms with van der Waals surface area (Å²) in [6.45, 7) is 9.71. The second-order valence-electron chi connectivity index (χ2n) is 10.4. The summed E-state index contributed by atoms with van der Waals surface area (Å²) >= 11 is 0. The third-order valence-corrected chi connectivity index (χ3v) is 8.31. The number of benzene rings is 1. The van der Waals surface area contributed by atoms with Crippen LogP contribution in [0.25, 0.3) is 0 Å². The van der Waals surface area contributed by atoms with Crippen molar-refractivity contribution in [3.05, 3.63) is 18.2 Å². The van der Waals surface area contributed by atoms with E-state index in [4.69, 9.17) is 4.99 Å². The van der Waals surface area contributed by atoms with Crippen LogP contribution in [0.1, 0.15) is 65.7 Å². The van der Waals surface area contributed by atoms with Crippen LogP contribution in [-0.4, -0.2) is 46.3 Å². The molecule has 0 N–H and O–H groups in total. The topological polar surface area (TPSA) is 35.9 Å². The van der Waals surface area contributed by atoms with E-state index < -0.39 is 16.9 Å². The fourth-order valence-electron chi connectivity index (χ4n) is 4.76. The Morgan fingerprint density at radius 3 is 2.45 bits per heavy atom. The van der Waals surface area contributed by atoms with E-state index >= 15 is 0 Å². The zero-order valence-corrected chi connectivity index (χ0v) is 19.8. The van der Waals surface area contributed by atoms with E-state index in [1.807, 2.05) is 18.2 Å². The van der Waals surface area contributed by atoms with Gasteiger partial charge < -0.3 is 4.90 Å². The van der Waals surface area contributed by atoms with Crippen molar-refractivity contribution in [1.82, 2.24) is 4.31 Å². The van der Waals surface area contributed by atoms with Gasteiger partial charge in [0.15, 0.2) is 0 Å². The predicted octanol–water partition coefficient (Wildman–Crippen LogP) is 5.96. The van der Waals surface area contributed by atoms with Gasteiger partial charge >= 0.3 is 0 Å². The summed E-state index contributed by atoms with van der Waals surface area (Å²) in [4.78, 5) is 8.09. The van der Waals surface area contributed by atoms with E-state index in [1.165, 1.54) is 6.42 Å². The van der Waals surface area contributed by atoms with Gasteiger partial charge in [-0.2, -0.15) is 0 Å². The minimum absolute atomic E-state index is 0.00760. The maximum Gasteiger partial charge on any atom is 0.248 e. The SMILES string of the molecule is CC(C)(C)C1=Nc2cc(S(=O)N3CCCCC3)ccc2N(CC2CCC(F)(F)CC2)C1. The molecule has 4 nitrogen and oxygen atoms in total. The standard InChI is InChI=1S/C24H35F2N3OS/c1-23(2,3)22-17-28(16-18-9-11-24(25,26)12-10-18)21-8-7-19(15-20(21)27-22)31(30)29-13-5-4-6-14-29/h7-8,15,18H,4-6,9-14,16-17H2,1-3H3. The molecule has 2 aliphatic heterocycles. The average Bonchev–Trinajstić information content (AvgIpc) is 2.74. The summed E-state index contributed by atoms with van der Waals surface area (Å²) in [6, 6.07) is 5.98. The van der Waals surface area contributed by atoms with Gasteiger partial charge in [-0.3, -0.25) is 4.99 Å². The van der Waals surface area contributed by atoms with Crippen LogP contribution in [0.4, 0.5) is 20.2 Å². The Kier molecular flexibility index (Phi) is 6.55. The van der Waals surface area contributed by atoms with Crippen LogP contribution >= 0.6 is 0 Å². The lowest BCUT2D eigenvalue weighted by Gasteiger charge is -2.38. The molecule has 0 amide bonds. The second kappa shape index (κ2) is 8.89. The molecule has 4 rings (SSSR count). The summed E-state index contributed by atoms with van der Waals surface area (Å²) in [5.74, 6) is -2.23. The van der Waals surface area contributed by atoms with Crippen molar-refractivity contribution in [1.29, 1.82) is 0 Å². The van der Waals surface area contributed by atoms with Gasteiger partial charge in [0, 0.05) is 43.6 Å². The molecular weight excluding hydrogens is 416 g/mol. The first-order chi connectivity index (χ1) is 14.6. The highest BCUT2D eigenvalue weighted by molar-refractivity contribution is 7.82. The molecule has 2 fully saturated rings. The first-order valence-corrected chi connectivity index (χ1v) is 12.7. The molecule has 0 aromatic heterocycles. The van der Waals surface area contributed by atoms with Gasteiger partial charge in [0.05, 0.1) is 22.8 Å². The number of anilines is 1. The second-order valence-corrected chi connectivity index (χ2v) is 11.9. The fourth-order valence-corrected chi connectivity index (χ4v) is 6.04.